The Morgan fingerprint density at radius 3 is 2.35 bits per heavy atom. The molecule has 2 fully saturated rings. The summed E-state index contributed by atoms with van der Waals surface area (Å²) in [6.45, 7) is 6.55. The third-order valence-corrected chi connectivity index (χ3v) is 5.09. The van der Waals surface area contributed by atoms with Crippen LogP contribution < -0.4 is 5.32 Å². The molecule has 23 heavy (non-hydrogen) atoms. The van der Waals surface area contributed by atoms with Gasteiger partial charge in [0.05, 0.1) is 6.54 Å². The number of piperidine rings is 1. The maximum absolute atomic E-state index is 12.3. The zero-order valence-electron chi connectivity index (χ0n) is 14.1. The molecule has 0 radical (unpaired) electrons. The van der Waals surface area contributed by atoms with Crippen molar-refractivity contribution in [3.8, 4) is 0 Å². The highest BCUT2D eigenvalue weighted by atomic mass is 16.2. The number of likely N-dealkylation sites (tertiary alicyclic amines) is 1. The minimum absolute atomic E-state index is 0.205. The maximum Gasteiger partial charge on any atom is 0.241 e. The molecule has 0 unspecified atom stereocenters. The summed E-state index contributed by atoms with van der Waals surface area (Å²) < 4.78 is 0. The second kappa shape index (κ2) is 7.79. The van der Waals surface area contributed by atoms with Gasteiger partial charge in [-0.15, -0.1) is 0 Å². The molecule has 1 amide bonds. The van der Waals surface area contributed by atoms with Gasteiger partial charge in [-0.2, -0.15) is 0 Å². The van der Waals surface area contributed by atoms with Crippen LogP contribution in [0.1, 0.15) is 12.8 Å². The van der Waals surface area contributed by atoms with E-state index in [1.54, 1.807) is 0 Å². The predicted molar refractivity (Wildman–Crippen MR) is 93.6 cm³/mol. The van der Waals surface area contributed by atoms with Crippen LogP contribution >= 0.6 is 0 Å². The Morgan fingerprint density at radius 1 is 1.04 bits per heavy atom. The van der Waals surface area contributed by atoms with E-state index in [0.717, 1.165) is 31.9 Å². The summed E-state index contributed by atoms with van der Waals surface area (Å²) in [5.41, 5.74) is 1.01. The largest absolute Gasteiger partial charge is 0.376 e. The van der Waals surface area contributed by atoms with Gasteiger partial charge in [0.15, 0.2) is 0 Å². The number of hydrogen-bond acceptors (Lipinski definition) is 4. The van der Waals surface area contributed by atoms with Gasteiger partial charge in [-0.25, -0.2) is 0 Å². The Labute approximate surface area is 139 Å². The van der Waals surface area contributed by atoms with Crippen molar-refractivity contribution in [2.24, 2.45) is 0 Å². The standard InChI is InChI=1S/C18H28N4O/c1-20-9-7-17(8-10-20)21-11-13-22(14-12-21)18(23)15-19-16-5-3-2-4-6-16/h2-6,17,19H,7-15H2,1H3. The summed E-state index contributed by atoms with van der Waals surface area (Å²) in [5.74, 6) is 0.205. The molecule has 0 bridgehead atoms. The average molecular weight is 316 g/mol. The van der Waals surface area contributed by atoms with Crippen molar-refractivity contribution < 1.29 is 4.79 Å². The van der Waals surface area contributed by atoms with Crippen LogP contribution in [0.2, 0.25) is 0 Å². The van der Waals surface area contributed by atoms with Crippen molar-refractivity contribution in [2.45, 2.75) is 18.9 Å². The minimum atomic E-state index is 0.205. The summed E-state index contributed by atoms with van der Waals surface area (Å²) in [6, 6.07) is 10.6. The van der Waals surface area contributed by atoms with Gasteiger partial charge in [-0.1, -0.05) is 18.2 Å². The lowest BCUT2D eigenvalue weighted by Crippen LogP contribution is -2.54. The van der Waals surface area contributed by atoms with Gasteiger partial charge in [0.25, 0.3) is 0 Å². The van der Waals surface area contributed by atoms with Crippen molar-refractivity contribution in [3.63, 3.8) is 0 Å². The average Bonchev–Trinajstić information content (AvgIpc) is 2.61. The SMILES string of the molecule is CN1CCC(N2CCN(C(=O)CNc3ccccc3)CC2)CC1. The van der Waals surface area contributed by atoms with Crippen molar-refractivity contribution in [1.29, 1.82) is 0 Å². The zero-order valence-corrected chi connectivity index (χ0v) is 14.1. The lowest BCUT2D eigenvalue weighted by molar-refractivity contribution is -0.131. The Bertz CT molecular complexity index is 491. The second-order valence-corrected chi connectivity index (χ2v) is 6.67. The smallest absolute Gasteiger partial charge is 0.241 e. The van der Waals surface area contributed by atoms with Gasteiger partial charge in [-0.05, 0) is 45.1 Å². The molecule has 3 rings (SSSR count). The van der Waals surface area contributed by atoms with E-state index in [0.29, 0.717) is 12.6 Å². The summed E-state index contributed by atoms with van der Waals surface area (Å²) in [7, 11) is 2.20. The second-order valence-electron chi connectivity index (χ2n) is 6.67. The van der Waals surface area contributed by atoms with E-state index in [9.17, 15) is 4.79 Å². The number of para-hydroxylation sites is 1. The number of anilines is 1. The third-order valence-electron chi connectivity index (χ3n) is 5.09. The van der Waals surface area contributed by atoms with Crippen LogP contribution in [0.5, 0.6) is 0 Å². The fourth-order valence-electron chi connectivity index (χ4n) is 3.54. The van der Waals surface area contributed by atoms with E-state index in [1.807, 2.05) is 35.2 Å². The van der Waals surface area contributed by atoms with E-state index in [4.69, 9.17) is 0 Å². The molecule has 2 aliphatic heterocycles. The van der Waals surface area contributed by atoms with Crippen LogP contribution in [0.15, 0.2) is 30.3 Å². The fraction of sp³-hybridized carbons (Fsp3) is 0.611. The van der Waals surface area contributed by atoms with Crippen LogP contribution in [0, 0.1) is 0 Å². The lowest BCUT2D eigenvalue weighted by atomic mass is 10.0. The van der Waals surface area contributed by atoms with Crippen LogP contribution in [0.3, 0.4) is 0 Å². The van der Waals surface area contributed by atoms with Gasteiger partial charge < -0.3 is 15.1 Å². The maximum atomic E-state index is 12.3. The van der Waals surface area contributed by atoms with E-state index >= 15 is 0 Å². The van der Waals surface area contributed by atoms with Crippen LogP contribution in [-0.2, 0) is 4.79 Å². The number of benzene rings is 1. The van der Waals surface area contributed by atoms with Crippen LogP contribution in [0.4, 0.5) is 5.69 Å². The number of hydrogen-bond donors (Lipinski definition) is 1. The number of carbonyl (C=O) groups excluding carboxylic acids is 1. The molecule has 2 aliphatic rings. The molecule has 0 aliphatic carbocycles. The number of piperazine rings is 1. The highest BCUT2D eigenvalue weighted by molar-refractivity contribution is 5.81. The van der Waals surface area contributed by atoms with Gasteiger partial charge >= 0.3 is 0 Å². The highest BCUT2D eigenvalue weighted by Crippen LogP contribution is 2.17. The summed E-state index contributed by atoms with van der Waals surface area (Å²) in [6.07, 6.45) is 2.53. The lowest BCUT2D eigenvalue weighted by Gasteiger charge is -2.42. The number of carbonyl (C=O) groups is 1. The predicted octanol–water partition coefficient (Wildman–Crippen LogP) is 1.34. The molecule has 1 N–H and O–H groups in total. The molecule has 2 heterocycles. The molecule has 0 aromatic heterocycles. The van der Waals surface area contributed by atoms with Gasteiger partial charge in [0.1, 0.15) is 0 Å². The summed E-state index contributed by atoms with van der Waals surface area (Å²) >= 11 is 0. The molecule has 126 valence electrons. The first-order valence-electron chi connectivity index (χ1n) is 8.71. The Kier molecular flexibility index (Phi) is 5.51. The number of nitrogens with one attached hydrogen (secondary N) is 1. The van der Waals surface area contributed by atoms with Crippen molar-refractivity contribution in [2.75, 3.05) is 58.2 Å². The fourth-order valence-corrected chi connectivity index (χ4v) is 3.54. The third kappa shape index (κ3) is 4.45. The number of rotatable bonds is 4. The van der Waals surface area contributed by atoms with Gasteiger partial charge in [0.2, 0.25) is 5.91 Å². The molecule has 1 aromatic carbocycles. The van der Waals surface area contributed by atoms with Crippen molar-refractivity contribution in [1.82, 2.24) is 14.7 Å². The van der Waals surface area contributed by atoms with E-state index < -0.39 is 0 Å². The first kappa shape index (κ1) is 16.3. The molecule has 0 spiro atoms. The highest BCUT2D eigenvalue weighted by Gasteiger charge is 2.27. The molecule has 0 atom stereocenters. The first-order chi connectivity index (χ1) is 11.2. The van der Waals surface area contributed by atoms with Gasteiger partial charge in [0, 0.05) is 37.9 Å². The Balaban J connectivity index is 1.40. The molecule has 0 saturated carbocycles. The molecular formula is C18H28N4O. The zero-order chi connectivity index (χ0) is 16.1. The quantitative estimate of drug-likeness (QED) is 0.910. The van der Waals surface area contributed by atoms with Crippen molar-refractivity contribution in [3.05, 3.63) is 30.3 Å². The Morgan fingerprint density at radius 2 is 1.70 bits per heavy atom. The van der Waals surface area contributed by atoms with Crippen LogP contribution in [-0.4, -0.2) is 79.5 Å². The monoisotopic (exact) mass is 316 g/mol. The molecular weight excluding hydrogens is 288 g/mol. The van der Waals surface area contributed by atoms with E-state index in [-0.39, 0.29) is 5.91 Å². The van der Waals surface area contributed by atoms with Gasteiger partial charge in [-0.3, -0.25) is 9.69 Å². The first-order valence-corrected chi connectivity index (χ1v) is 8.71. The Hall–Kier alpha value is -1.59. The van der Waals surface area contributed by atoms with E-state index in [1.165, 1.54) is 25.9 Å². The molecule has 2 saturated heterocycles. The minimum Gasteiger partial charge on any atom is -0.376 e. The normalized spacial score (nSPS) is 21.3. The number of nitrogens with zero attached hydrogens (tertiary/aromatic N) is 3. The molecule has 1 aromatic rings. The van der Waals surface area contributed by atoms with E-state index in [2.05, 4.69) is 22.2 Å². The molecule has 5 nitrogen and oxygen atoms in total. The topological polar surface area (TPSA) is 38.8 Å². The number of amides is 1. The van der Waals surface area contributed by atoms with Crippen molar-refractivity contribution >= 4 is 11.6 Å². The summed E-state index contributed by atoms with van der Waals surface area (Å²) in [5, 5.41) is 3.21. The summed E-state index contributed by atoms with van der Waals surface area (Å²) in [4.78, 5) is 19.3. The van der Waals surface area contributed by atoms with Crippen LogP contribution in [0.25, 0.3) is 0 Å². The molecule has 5 heteroatoms.